The average molecular weight is 457 g/mol. The molecule has 0 spiro atoms. The van der Waals surface area contributed by atoms with E-state index >= 15 is 0 Å². The van der Waals surface area contributed by atoms with Crippen molar-refractivity contribution in [3.63, 3.8) is 0 Å². The summed E-state index contributed by atoms with van der Waals surface area (Å²) in [4.78, 5) is 12.3. The van der Waals surface area contributed by atoms with Gasteiger partial charge in [-0.2, -0.15) is 4.31 Å². The standard InChI is InChI=1S/C19H21ClN2O5S2/c20-16-5-3-15(4-6-16)13-28(24,25)14-19(23)21-17-7-9-18(10-8-17)29(26,27)22-11-1-2-12-22/h3-10H,1-2,11-14H2,(H,21,23). The third-order valence-electron chi connectivity index (χ3n) is 4.49. The first kappa shape index (κ1) is 21.8. The van der Waals surface area contributed by atoms with Crippen molar-refractivity contribution in [3.05, 3.63) is 59.1 Å². The molecule has 1 fully saturated rings. The number of anilines is 1. The van der Waals surface area contributed by atoms with Gasteiger partial charge in [-0.15, -0.1) is 0 Å². The van der Waals surface area contributed by atoms with Crippen molar-refractivity contribution < 1.29 is 21.6 Å². The number of benzene rings is 2. The molecule has 1 aliphatic heterocycles. The van der Waals surface area contributed by atoms with Gasteiger partial charge in [0.1, 0.15) is 5.75 Å². The Bertz CT molecular complexity index is 1080. The lowest BCUT2D eigenvalue weighted by atomic mass is 10.2. The molecule has 1 N–H and O–H groups in total. The lowest BCUT2D eigenvalue weighted by Crippen LogP contribution is -2.27. The van der Waals surface area contributed by atoms with E-state index in [0.717, 1.165) is 12.8 Å². The number of amides is 1. The molecule has 0 radical (unpaired) electrons. The highest BCUT2D eigenvalue weighted by Crippen LogP contribution is 2.22. The summed E-state index contributed by atoms with van der Waals surface area (Å²) in [6, 6.07) is 12.1. The molecule has 0 saturated carbocycles. The van der Waals surface area contributed by atoms with Gasteiger partial charge in [-0.1, -0.05) is 23.7 Å². The number of sulfonamides is 1. The van der Waals surface area contributed by atoms with Crippen molar-refractivity contribution in [2.45, 2.75) is 23.5 Å². The number of hydrogen-bond donors (Lipinski definition) is 1. The summed E-state index contributed by atoms with van der Waals surface area (Å²) in [6.45, 7) is 1.01. The van der Waals surface area contributed by atoms with Crippen LogP contribution in [0.3, 0.4) is 0 Å². The van der Waals surface area contributed by atoms with E-state index in [0.29, 0.717) is 29.4 Å². The number of carbonyl (C=O) groups excluding carboxylic acids is 1. The lowest BCUT2D eigenvalue weighted by molar-refractivity contribution is -0.113. The highest BCUT2D eigenvalue weighted by atomic mass is 35.5. The molecule has 0 unspecified atom stereocenters. The van der Waals surface area contributed by atoms with Gasteiger partial charge in [0.25, 0.3) is 0 Å². The van der Waals surface area contributed by atoms with E-state index in [4.69, 9.17) is 11.6 Å². The SMILES string of the molecule is O=C(CS(=O)(=O)Cc1ccc(Cl)cc1)Nc1ccc(S(=O)(=O)N2CCCC2)cc1. The first-order chi connectivity index (χ1) is 13.7. The van der Waals surface area contributed by atoms with E-state index in [1.54, 1.807) is 24.3 Å². The maximum atomic E-state index is 12.5. The highest BCUT2D eigenvalue weighted by molar-refractivity contribution is 7.91. The van der Waals surface area contributed by atoms with Gasteiger partial charge in [-0.25, -0.2) is 16.8 Å². The van der Waals surface area contributed by atoms with Gasteiger partial charge >= 0.3 is 0 Å². The van der Waals surface area contributed by atoms with Crippen LogP contribution in [0.25, 0.3) is 0 Å². The number of halogens is 1. The third-order valence-corrected chi connectivity index (χ3v) is 8.13. The molecule has 1 aliphatic rings. The van der Waals surface area contributed by atoms with Crippen LogP contribution in [0.5, 0.6) is 0 Å². The zero-order valence-corrected chi connectivity index (χ0v) is 17.9. The first-order valence-electron chi connectivity index (χ1n) is 9.01. The lowest BCUT2D eigenvalue weighted by Gasteiger charge is -2.15. The molecule has 1 heterocycles. The summed E-state index contributed by atoms with van der Waals surface area (Å²) in [7, 11) is -7.20. The highest BCUT2D eigenvalue weighted by Gasteiger charge is 2.27. The molecule has 0 bridgehead atoms. The molecule has 0 aliphatic carbocycles. The Labute approximate surface area is 175 Å². The fraction of sp³-hybridized carbons (Fsp3) is 0.316. The van der Waals surface area contributed by atoms with Crippen molar-refractivity contribution in [1.82, 2.24) is 4.31 Å². The van der Waals surface area contributed by atoms with Crippen LogP contribution in [0.4, 0.5) is 5.69 Å². The molecule has 0 atom stereocenters. The van der Waals surface area contributed by atoms with E-state index < -0.39 is 31.5 Å². The number of nitrogens with zero attached hydrogens (tertiary/aromatic N) is 1. The normalized spacial score (nSPS) is 15.3. The Balaban J connectivity index is 1.61. The second-order valence-corrected chi connectivity index (χ2v) is 11.3. The van der Waals surface area contributed by atoms with Crippen LogP contribution in [-0.2, 0) is 30.4 Å². The van der Waals surface area contributed by atoms with Crippen molar-refractivity contribution in [2.75, 3.05) is 24.2 Å². The molecule has 156 valence electrons. The number of rotatable bonds is 7. The molecule has 10 heteroatoms. The van der Waals surface area contributed by atoms with Crippen LogP contribution < -0.4 is 5.32 Å². The van der Waals surface area contributed by atoms with Gasteiger partial charge in [0.2, 0.25) is 15.9 Å². The zero-order valence-electron chi connectivity index (χ0n) is 15.5. The predicted molar refractivity (Wildman–Crippen MR) is 112 cm³/mol. The minimum Gasteiger partial charge on any atom is -0.325 e. The number of sulfone groups is 1. The van der Waals surface area contributed by atoms with Crippen LogP contribution in [0.15, 0.2) is 53.4 Å². The van der Waals surface area contributed by atoms with Crippen molar-refractivity contribution in [1.29, 1.82) is 0 Å². The summed E-state index contributed by atoms with van der Waals surface area (Å²) >= 11 is 5.78. The molecule has 1 amide bonds. The van der Waals surface area contributed by atoms with Gasteiger partial charge in [0.15, 0.2) is 9.84 Å². The van der Waals surface area contributed by atoms with Crippen LogP contribution in [0.2, 0.25) is 5.02 Å². The minimum absolute atomic E-state index is 0.146. The van der Waals surface area contributed by atoms with E-state index in [1.807, 2.05) is 0 Å². The molecule has 2 aromatic carbocycles. The Hall–Kier alpha value is -1.94. The first-order valence-corrected chi connectivity index (χ1v) is 12.6. The third kappa shape index (κ3) is 5.79. The Morgan fingerprint density at radius 3 is 2.10 bits per heavy atom. The summed E-state index contributed by atoms with van der Waals surface area (Å²) < 4.78 is 50.9. The average Bonchev–Trinajstić information content (AvgIpc) is 3.19. The Morgan fingerprint density at radius 2 is 1.52 bits per heavy atom. The minimum atomic E-state index is -3.67. The second kappa shape index (κ2) is 8.83. The monoisotopic (exact) mass is 456 g/mol. The van der Waals surface area contributed by atoms with E-state index in [2.05, 4.69) is 5.32 Å². The second-order valence-electron chi connectivity index (χ2n) is 6.84. The number of nitrogens with one attached hydrogen (secondary N) is 1. The fourth-order valence-corrected chi connectivity index (χ4v) is 5.99. The van der Waals surface area contributed by atoms with E-state index in [1.165, 1.54) is 28.6 Å². The predicted octanol–water partition coefficient (Wildman–Crippen LogP) is 2.68. The topological polar surface area (TPSA) is 101 Å². The van der Waals surface area contributed by atoms with Gasteiger partial charge in [-0.05, 0) is 54.8 Å². The summed E-state index contributed by atoms with van der Waals surface area (Å²) in [5.41, 5.74) is 0.871. The van der Waals surface area contributed by atoms with Gasteiger partial charge in [0.05, 0.1) is 10.6 Å². The quantitative estimate of drug-likeness (QED) is 0.690. The molecule has 7 nitrogen and oxygen atoms in total. The van der Waals surface area contributed by atoms with Crippen LogP contribution in [-0.4, -0.2) is 45.9 Å². The molecular weight excluding hydrogens is 436 g/mol. The maximum absolute atomic E-state index is 12.5. The summed E-state index contributed by atoms with van der Waals surface area (Å²) in [6.07, 6.45) is 1.69. The van der Waals surface area contributed by atoms with Crippen molar-refractivity contribution >= 4 is 43.1 Å². The van der Waals surface area contributed by atoms with Crippen LogP contribution in [0, 0.1) is 0 Å². The number of carbonyl (C=O) groups is 1. The molecule has 2 aromatic rings. The van der Waals surface area contributed by atoms with Gasteiger partial charge < -0.3 is 5.32 Å². The molecule has 3 rings (SSSR count). The van der Waals surface area contributed by atoms with Crippen molar-refractivity contribution in [3.8, 4) is 0 Å². The van der Waals surface area contributed by atoms with Gasteiger partial charge in [0, 0.05) is 23.8 Å². The van der Waals surface area contributed by atoms with Gasteiger partial charge in [-0.3, -0.25) is 4.79 Å². The van der Waals surface area contributed by atoms with Crippen LogP contribution in [0.1, 0.15) is 18.4 Å². The summed E-state index contributed by atoms with van der Waals surface area (Å²) in [5.74, 6) is -1.64. The maximum Gasteiger partial charge on any atom is 0.243 e. The van der Waals surface area contributed by atoms with Crippen LogP contribution >= 0.6 is 11.6 Å². The zero-order chi connectivity index (χ0) is 21.1. The van der Waals surface area contributed by atoms with E-state index in [-0.39, 0.29) is 10.6 Å². The van der Waals surface area contributed by atoms with E-state index in [9.17, 15) is 21.6 Å². The summed E-state index contributed by atoms with van der Waals surface area (Å²) in [5, 5.41) is 2.99. The molecule has 0 aromatic heterocycles. The molecule has 1 saturated heterocycles. The molecule has 29 heavy (non-hydrogen) atoms. The number of hydrogen-bond acceptors (Lipinski definition) is 5. The molecular formula is C19H21ClN2O5S2. The fourth-order valence-electron chi connectivity index (χ4n) is 3.07. The van der Waals surface area contributed by atoms with Crippen molar-refractivity contribution in [2.24, 2.45) is 0 Å². The Morgan fingerprint density at radius 1 is 0.931 bits per heavy atom. The smallest absolute Gasteiger partial charge is 0.243 e. The largest absolute Gasteiger partial charge is 0.325 e. The Kier molecular flexibility index (Phi) is 6.62.